The van der Waals surface area contributed by atoms with Crippen LogP contribution in [0.1, 0.15) is 18.5 Å². The van der Waals surface area contributed by atoms with Gasteiger partial charge in [0.2, 0.25) is 15.9 Å². The van der Waals surface area contributed by atoms with Gasteiger partial charge in [-0.25, -0.2) is 13.4 Å². The quantitative estimate of drug-likeness (QED) is 0.858. The Morgan fingerprint density at radius 2 is 2.17 bits per heavy atom. The summed E-state index contributed by atoms with van der Waals surface area (Å²) in [5, 5.41) is 4.95. The van der Waals surface area contributed by atoms with Crippen LogP contribution >= 0.6 is 0 Å². The molecule has 1 amide bonds. The highest BCUT2D eigenvalue weighted by molar-refractivity contribution is 7.89. The normalized spacial score (nSPS) is 20.0. The molecule has 0 unspecified atom stereocenters. The molecular weight excluding hydrogens is 318 g/mol. The Bertz CT molecular complexity index is 874. The van der Waals surface area contributed by atoms with E-state index in [1.54, 1.807) is 17.8 Å². The van der Waals surface area contributed by atoms with Gasteiger partial charge in [-0.15, -0.1) is 0 Å². The van der Waals surface area contributed by atoms with Crippen LogP contribution in [-0.4, -0.2) is 46.5 Å². The molecule has 1 aliphatic heterocycles. The first-order valence-electron chi connectivity index (χ1n) is 7.39. The number of rotatable bonds is 3. The first-order chi connectivity index (χ1) is 10.8. The summed E-state index contributed by atoms with van der Waals surface area (Å²) in [6, 6.07) is 1.59. The molecule has 0 aromatic carbocycles. The van der Waals surface area contributed by atoms with Crippen LogP contribution in [0.4, 0.5) is 0 Å². The summed E-state index contributed by atoms with van der Waals surface area (Å²) in [7, 11) is -1.94. The largest absolute Gasteiger partial charge is 0.369 e. The fraction of sp³-hybridized carbons (Fsp3) is 0.500. The number of fused-ring (bicyclic) bond motifs is 1. The van der Waals surface area contributed by atoms with Gasteiger partial charge >= 0.3 is 0 Å². The van der Waals surface area contributed by atoms with Crippen LogP contribution in [0.3, 0.4) is 0 Å². The van der Waals surface area contributed by atoms with Crippen molar-refractivity contribution < 1.29 is 13.2 Å². The molecule has 2 aromatic rings. The first kappa shape index (κ1) is 15.9. The number of pyridine rings is 1. The van der Waals surface area contributed by atoms with Crippen molar-refractivity contribution in [1.29, 1.82) is 0 Å². The number of nitrogens with zero attached hydrogens (tertiary/aromatic N) is 4. The molecule has 23 heavy (non-hydrogen) atoms. The summed E-state index contributed by atoms with van der Waals surface area (Å²) >= 11 is 0. The number of piperidine rings is 1. The lowest BCUT2D eigenvalue weighted by molar-refractivity contribution is -0.122. The molecule has 2 aromatic heterocycles. The maximum Gasteiger partial charge on any atom is 0.244 e. The molecule has 1 atom stereocenters. The van der Waals surface area contributed by atoms with Gasteiger partial charge in [0.1, 0.15) is 4.90 Å². The number of nitrogens with two attached hydrogens (primary N) is 1. The molecule has 3 heterocycles. The van der Waals surface area contributed by atoms with E-state index in [0.717, 1.165) is 5.69 Å². The molecule has 124 valence electrons. The molecule has 9 heteroatoms. The Balaban J connectivity index is 1.99. The number of carbonyl (C=O) groups is 1. The monoisotopic (exact) mass is 337 g/mol. The second-order valence-electron chi connectivity index (χ2n) is 5.86. The molecule has 1 aliphatic rings. The minimum Gasteiger partial charge on any atom is -0.369 e. The predicted octanol–water partition coefficient (Wildman–Crippen LogP) is 0.163. The summed E-state index contributed by atoms with van der Waals surface area (Å²) in [5.74, 6) is -0.892. The molecule has 1 fully saturated rings. The molecule has 0 spiro atoms. The Morgan fingerprint density at radius 3 is 2.87 bits per heavy atom. The fourth-order valence-electron chi connectivity index (χ4n) is 2.97. The van der Waals surface area contributed by atoms with Crippen molar-refractivity contribution >= 4 is 27.0 Å². The predicted molar refractivity (Wildman–Crippen MR) is 83.9 cm³/mol. The minimum absolute atomic E-state index is 0.117. The number of primary amides is 1. The molecule has 0 saturated carbocycles. The highest BCUT2D eigenvalue weighted by Gasteiger charge is 2.33. The van der Waals surface area contributed by atoms with Crippen LogP contribution in [0.25, 0.3) is 11.0 Å². The van der Waals surface area contributed by atoms with Gasteiger partial charge in [0, 0.05) is 31.7 Å². The van der Waals surface area contributed by atoms with Crippen molar-refractivity contribution in [3.8, 4) is 0 Å². The Morgan fingerprint density at radius 1 is 1.43 bits per heavy atom. The van der Waals surface area contributed by atoms with Crippen molar-refractivity contribution in [3.63, 3.8) is 0 Å². The topological polar surface area (TPSA) is 111 Å². The highest BCUT2D eigenvalue weighted by atomic mass is 32.2. The molecule has 2 N–H and O–H groups in total. The summed E-state index contributed by atoms with van der Waals surface area (Å²) in [5.41, 5.74) is 6.68. The third kappa shape index (κ3) is 2.70. The maximum absolute atomic E-state index is 12.8. The molecular formula is C14H19N5O3S. The second-order valence-corrected chi connectivity index (χ2v) is 7.79. The zero-order valence-corrected chi connectivity index (χ0v) is 13.9. The van der Waals surface area contributed by atoms with E-state index in [-0.39, 0.29) is 11.4 Å². The van der Waals surface area contributed by atoms with Gasteiger partial charge in [0.05, 0.1) is 11.6 Å². The second kappa shape index (κ2) is 5.57. The van der Waals surface area contributed by atoms with Crippen molar-refractivity contribution in [3.05, 3.63) is 18.0 Å². The Hall–Kier alpha value is -2.00. The number of hydrogen-bond acceptors (Lipinski definition) is 5. The third-order valence-electron chi connectivity index (χ3n) is 4.26. The summed E-state index contributed by atoms with van der Waals surface area (Å²) in [4.78, 5) is 15.7. The summed E-state index contributed by atoms with van der Waals surface area (Å²) in [6.45, 7) is 2.32. The Kier molecular flexibility index (Phi) is 3.85. The summed E-state index contributed by atoms with van der Waals surface area (Å²) < 4.78 is 28.6. The average molecular weight is 337 g/mol. The van der Waals surface area contributed by atoms with E-state index in [1.807, 2.05) is 6.92 Å². The SMILES string of the molecule is Cc1nn(C)c2ncc(S(=O)(=O)N3CCC[C@H](C(N)=O)C3)cc12. The first-order valence-corrected chi connectivity index (χ1v) is 8.83. The van der Waals surface area contributed by atoms with Crippen LogP contribution in [-0.2, 0) is 21.9 Å². The smallest absolute Gasteiger partial charge is 0.244 e. The van der Waals surface area contributed by atoms with Gasteiger partial charge in [-0.05, 0) is 25.8 Å². The number of sulfonamides is 1. The zero-order valence-electron chi connectivity index (χ0n) is 13.1. The van der Waals surface area contributed by atoms with Gasteiger partial charge in [0.15, 0.2) is 5.65 Å². The van der Waals surface area contributed by atoms with Crippen LogP contribution in [0.15, 0.2) is 17.2 Å². The molecule has 0 radical (unpaired) electrons. The minimum atomic E-state index is -3.70. The lowest BCUT2D eigenvalue weighted by Crippen LogP contribution is -2.44. The molecule has 3 rings (SSSR count). The Labute approximate surface area is 134 Å². The van der Waals surface area contributed by atoms with E-state index >= 15 is 0 Å². The standard InChI is InChI=1S/C14H19N5O3S/c1-9-12-6-11(7-16-14(12)18(2)17-9)23(21,22)19-5-3-4-10(8-19)13(15)20/h6-7,10H,3-5,8H2,1-2H3,(H2,15,20)/t10-/m0/s1. The van der Waals surface area contributed by atoms with Gasteiger partial charge in [-0.1, -0.05) is 0 Å². The highest BCUT2D eigenvalue weighted by Crippen LogP contribution is 2.26. The third-order valence-corrected chi connectivity index (χ3v) is 6.09. The van der Waals surface area contributed by atoms with Gasteiger partial charge in [-0.3, -0.25) is 9.48 Å². The number of hydrogen-bond donors (Lipinski definition) is 1. The van der Waals surface area contributed by atoms with Gasteiger partial charge in [0.25, 0.3) is 0 Å². The zero-order chi connectivity index (χ0) is 16.8. The lowest BCUT2D eigenvalue weighted by atomic mass is 9.99. The fourth-order valence-corrected chi connectivity index (χ4v) is 4.47. The lowest BCUT2D eigenvalue weighted by Gasteiger charge is -2.30. The van der Waals surface area contributed by atoms with Crippen LogP contribution in [0, 0.1) is 12.8 Å². The van der Waals surface area contributed by atoms with E-state index in [2.05, 4.69) is 10.1 Å². The van der Waals surface area contributed by atoms with Crippen molar-refractivity contribution in [2.75, 3.05) is 13.1 Å². The van der Waals surface area contributed by atoms with Crippen molar-refractivity contribution in [2.24, 2.45) is 18.7 Å². The van der Waals surface area contributed by atoms with E-state index < -0.39 is 21.8 Å². The molecule has 8 nitrogen and oxygen atoms in total. The van der Waals surface area contributed by atoms with Crippen molar-refractivity contribution in [2.45, 2.75) is 24.7 Å². The number of amides is 1. The van der Waals surface area contributed by atoms with Crippen LogP contribution in [0.5, 0.6) is 0 Å². The number of aromatic nitrogens is 3. The maximum atomic E-state index is 12.8. The number of carbonyl (C=O) groups excluding carboxylic acids is 1. The average Bonchev–Trinajstić information content (AvgIpc) is 2.81. The van der Waals surface area contributed by atoms with Crippen molar-refractivity contribution in [1.82, 2.24) is 19.1 Å². The summed E-state index contributed by atoms with van der Waals surface area (Å²) in [6.07, 6.45) is 2.58. The van der Waals surface area contributed by atoms with Crippen LogP contribution in [0.2, 0.25) is 0 Å². The van der Waals surface area contributed by atoms with E-state index in [9.17, 15) is 13.2 Å². The molecule has 0 bridgehead atoms. The molecule has 1 saturated heterocycles. The van der Waals surface area contributed by atoms with E-state index in [4.69, 9.17) is 5.73 Å². The molecule has 0 aliphatic carbocycles. The number of aryl methyl sites for hydroxylation is 2. The van der Waals surface area contributed by atoms with E-state index in [1.165, 1.54) is 10.5 Å². The van der Waals surface area contributed by atoms with Gasteiger partial charge in [-0.2, -0.15) is 9.40 Å². The van der Waals surface area contributed by atoms with Crippen LogP contribution < -0.4 is 5.73 Å². The van der Waals surface area contributed by atoms with Gasteiger partial charge < -0.3 is 5.73 Å². The van der Waals surface area contributed by atoms with E-state index in [0.29, 0.717) is 30.4 Å².